The third-order valence-electron chi connectivity index (χ3n) is 3.37. The summed E-state index contributed by atoms with van der Waals surface area (Å²) in [6.07, 6.45) is 4.50. The van der Waals surface area contributed by atoms with E-state index in [9.17, 15) is 0 Å². The van der Waals surface area contributed by atoms with E-state index in [-0.39, 0.29) is 12.1 Å². The first kappa shape index (κ1) is 13.4. The molecule has 3 N–H and O–H groups in total. The van der Waals surface area contributed by atoms with Gasteiger partial charge in [0, 0.05) is 23.0 Å². The minimum atomic E-state index is 0.0557. The Balaban J connectivity index is 1.72. The number of hydrogen-bond acceptors (Lipinski definition) is 5. The molecule has 0 fully saturated rings. The highest BCUT2D eigenvalue weighted by atomic mass is 32.2. The maximum atomic E-state index is 6.07. The summed E-state index contributed by atoms with van der Waals surface area (Å²) in [4.78, 5) is 5.33. The van der Waals surface area contributed by atoms with Crippen molar-refractivity contribution in [3.05, 3.63) is 54.4 Å². The van der Waals surface area contributed by atoms with Crippen LogP contribution in [0.25, 0.3) is 0 Å². The number of nitrogens with one attached hydrogen (secondary N) is 1. The summed E-state index contributed by atoms with van der Waals surface area (Å²) >= 11 is 1.81. The molecular formula is C15H17N3OS. The van der Waals surface area contributed by atoms with E-state index in [1.54, 1.807) is 6.20 Å². The maximum absolute atomic E-state index is 6.07. The third-order valence-corrected chi connectivity index (χ3v) is 4.52. The van der Waals surface area contributed by atoms with E-state index >= 15 is 0 Å². The quantitative estimate of drug-likeness (QED) is 0.665. The Morgan fingerprint density at radius 3 is 3.05 bits per heavy atom. The van der Waals surface area contributed by atoms with Crippen molar-refractivity contribution in [1.82, 2.24) is 10.4 Å². The maximum Gasteiger partial charge on any atom is 0.133 e. The molecule has 104 valence electrons. The van der Waals surface area contributed by atoms with Gasteiger partial charge in [-0.25, -0.2) is 0 Å². The lowest BCUT2D eigenvalue weighted by Gasteiger charge is -2.31. The van der Waals surface area contributed by atoms with E-state index in [0.29, 0.717) is 0 Å². The zero-order valence-electron chi connectivity index (χ0n) is 11.0. The number of aromatic nitrogens is 1. The van der Waals surface area contributed by atoms with E-state index in [2.05, 4.69) is 22.5 Å². The van der Waals surface area contributed by atoms with Crippen LogP contribution in [0.2, 0.25) is 0 Å². The zero-order chi connectivity index (χ0) is 13.8. The third kappa shape index (κ3) is 2.95. The van der Waals surface area contributed by atoms with Crippen LogP contribution in [0.15, 0.2) is 53.7 Å². The summed E-state index contributed by atoms with van der Waals surface area (Å²) in [5.41, 5.74) is 4.04. The molecule has 0 aliphatic carbocycles. The van der Waals surface area contributed by atoms with Crippen molar-refractivity contribution in [1.29, 1.82) is 0 Å². The van der Waals surface area contributed by atoms with Gasteiger partial charge >= 0.3 is 0 Å². The molecule has 0 amide bonds. The molecule has 3 rings (SSSR count). The van der Waals surface area contributed by atoms with Crippen molar-refractivity contribution < 1.29 is 4.74 Å². The van der Waals surface area contributed by atoms with Gasteiger partial charge in [0.15, 0.2) is 0 Å². The summed E-state index contributed by atoms with van der Waals surface area (Å²) in [6.45, 7) is 0. The van der Waals surface area contributed by atoms with Gasteiger partial charge in [0.05, 0.1) is 6.04 Å². The summed E-state index contributed by atoms with van der Waals surface area (Å²) in [5.74, 6) is 7.55. The average Bonchev–Trinajstić information content (AvgIpc) is 2.53. The van der Waals surface area contributed by atoms with E-state index < -0.39 is 0 Å². The first-order valence-electron chi connectivity index (χ1n) is 6.60. The zero-order valence-corrected chi connectivity index (χ0v) is 11.8. The van der Waals surface area contributed by atoms with Crippen molar-refractivity contribution >= 4 is 11.8 Å². The first-order chi connectivity index (χ1) is 9.86. The molecule has 1 aromatic carbocycles. The number of fused-ring (bicyclic) bond motifs is 1. The average molecular weight is 287 g/mol. The molecule has 4 nitrogen and oxygen atoms in total. The first-order valence-corrected chi connectivity index (χ1v) is 7.59. The number of para-hydroxylation sites is 1. The molecule has 2 aromatic rings. The molecule has 0 saturated heterocycles. The lowest BCUT2D eigenvalue weighted by atomic mass is 10.0. The van der Waals surface area contributed by atoms with Gasteiger partial charge in [-0.1, -0.05) is 18.2 Å². The van der Waals surface area contributed by atoms with Gasteiger partial charge in [-0.15, -0.1) is 11.8 Å². The standard InChI is InChI=1S/C15H17N3OS/c16-18-12(8-11-4-3-7-17-9-11)14-10-20-15-6-2-1-5-13(15)19-14/h1-7,9,12,14,18H,8,10,16H2. The molecule has 0 radical (unpaired) electrons. The van der Waals surface area contributed by atoms with E-state index in [1.807, 2.05) is 42.2 Å². The van der Waals surface area contributed by atoms with Crippen LogP contribution in [0, 0.1) is 0 Å². The number of thioether (sulfide) groups is 1. The molecule has 1 aromatic heterocycles. The lowest BCUT2D eigenvalue weighted by Crippen LogP contribution is -2.50. The molecule has 0 spiro atoms. The van der Waals surface area contributed by atoms with Crippen molar-refractivity contribution in [3.8, 4) is 5.75 Å². The highest BCUT2D eigenvalue weighted by Gasteiger charge is 2.27. The Bertz CT molecular complexity index is 564. The van der Waals surface area contributed by atoms with Gasteiger partial charge in [-0.2, -0.15) is 0 Å². The van der Waals surface area contributed by atoms with Crippen LogP contribution in [-0.4, -0.2) is 22.9 Å². The molecule has 0 bridgehead atoms. The Kier molecular flexibility index (Phi) is 4.20. The molecule has 2 atom stereocenters. The van der Waals surface area contributed by atoms with Crippen LogP contribution in [0.4, 0.5) is 0 Å². The molecule has 2 unspecified atom stereocenters. The second-order valence-corrected chi connectivity index (χ2v) is 5.81. The molecule has 1 aliphatic heterocycles. The highest BCUT2D eigenvalue weighted by molar-refractivity contribution is 7.99. The molecule has 0 saturated carbocycles. The van der Waals surface area contributed by atoms with E-state index in [0.717, 1.165) is 23.5 Å². The lowest BCUT2D eigenvalue weighted by molar-refractivity contribution is 0.165. The number of pyridine rings is 1. The molecule has 2 heterocycles. The predicted octanol–water partition coefficient (Wildman–Crippen LogP) is 2.01. The smallest absolute Gasteiger partial charge is 0.133 e. The predicted molar refractivity (Wildman–Crippen MR) is 80.6 cm³/mol. The molecule has 5 heteroatoms. The molecule has 1 aliphatic rings. The monoisotopic (exact) mass is 287 g/mol. The summed E-state index contributed by atoms with van der Waals surface area (Å²) in [7, 11) is 0. The van der Waals surface area contributed by atoms with Crippen molar-refractivity contribution in [2.75, 3.05) is 5.75 Å². The van der Waals surface area contributed by atoms with Crippen LogP contribution in [0.3, 0.4) is 0 Å². The van der Waals surface area contributed by atoms with Crippen LogP contribution in [0.5, 0.6) is 5.75 Å². The van der Waals surface area contributed by atoms with Crippen LogP contribution in [-0.2, 0) is 6.42 Å². The number of hydrogen-bond donors (Lipinski definition) is 2. The molecular weight excluding hydrogens is 270 g/mol. The Hall–Kier alpha value is -1.56. The number of rotatable bonds is 4. The largest absolute Gasteiger partial charge is 0.487 e. The number of nitrogens with zero attached hydrogens (tertiary/aromatic N) is 1. The molecule has 20 heavy (non-hydrogen) atoms. The Labute approximate surface area is 122 Å². The topological polar surface area (TPSA) is 60.2 Å². The van der Waals surface area contributed by atoms with Gasteiger partial charge in [0.1, 0.15) is 11.9 Å². The summed E-state index contributed by atoms with van der Waals surface area (Å²) in [6, 6.07) is 12.2. The highest BCUT2D eigenvalue weighted by Crippen LogP contribution is 2.35. The van der Waals surface area contributed by atoms with Gasteiger partial charge in [-0.3, -0.25) is 16.3 Å². The minimum absolute atomic E-state index is 0.0557. The second kappa shape index (κ2) is 6.26. The number of hydrazine groups is 1. The minimum Gasteiger partial charge on any atom is -0.487 e. The summed E-state index contributed by atoms with van der Waals surface area (Å²) in [5, 5.41) is 0. The van der Waals surface area contributed by atoms with Crippen LogP contribution in [0.1, 0.15) is 5.56 Å². The number of ether oxygens (including phenoxy) is 1. The van der Waals surface area contributed by atoms with Gasteiger partial charge in [0.25, 0.3) is 0 Å². The van der Waals surface area contributed by atoms with Crippen LogP contribution < -0.4 is 16.0 Å². The fraction of sp³-hybridized carbons (Fsp3) is 0.267. The van der Waals surface area contributed by atoms with Crippen LogP contribution >= 0.6 is 11.8 Å². The van der Waals surface area contributed by atoms with Gasteiger partial charge < -0.3 is 4.74 Å². The fourth-order valence-corrected chi connectivity index (χ4v) is 3.38. The van der Waals surface area contributed by atoms with Gasteiger partial charge in [0.2, 0.25) is 0 Å². The van der Waals surface area contributed by atoms with E-state index in [4.69, 9.17) is 10.6 Å². The number of nitrogens with two attached hydrogens (primary N) is 1. The SMILES string of the molecule is NNC(Cc1cccnc1)C1CSc2ccccc2O1. The second-order valence-electron chi connectivity index (χ2n) is 4.75. The normalized spacial score (nSPS) is 18.9. The Morgan fingerprint density at radius 2 is 2.25 bits per heavy atom. The fourth-order valence-electron chi connectivity index (χ4n) is 2.30. The van der Waals surface area contributed by atoms with Crippen molar-refractivity contribution in [3.63, 3.8) is 0 Å². The van der Waals surface area contributed by atoms with Crippen molar-refractivity contribution in [2.45, 2.75) is 23.5 Å². The summed E-state index contributed by atoms with van der Waals surface area (Å²) < 4.78 is 6.07. The van der Waals surface area contributed by atoms with E-state index in [1.165, 1.54) is 4.90 Å². The van der Waals surface area contributed by atoms with Gasteiger partial charge in [-0.05, 0) is 30.2 Å². The Morgan fingerprint density at radius 1 is 1.35 bits per heavy atom. The van der Waals surface area contributed by atoms with Crippen molar-refractivity contribution in [2.24, 2.45) is 5.84 Å². The number of benzene rings is 1.